The molecule has 0 spiro atoms. The Morgan fingerprint density at radius 1 is 1.14 bits per heavy atom. The lowest BCUT2D eigenvalue weighted by Gasteiger charge is -2.38. The number of rotatable bonds is 3. The molecule has 0 amide bonds. The average molecular weight is 303 g/mol. The fraction of sp³-hybridized carbons (Fsp3) is 0.471. The van der Waals surface area contributed by atoms with E-state index < -0.39 is 5.60 Å². The maximum atomic E-state index is 13.9. The van der Waals surface area contributed by atoms with Crippen molar-refractivity contribution >= 4 is 16.5 Å². The Balaban J connectivity index is 1.78. The van der Waals surface area contributed by atoms with Crippen molar-refractivity contribution in [2.75, 3.05) is 37.6 Å². The monoisotopic (exact) mass is 303 g/mol. The van der Waals surface area contributed by atoms with Crippen LogP contribution in [0, 0.1) is 5.82 Å². The van der Waals surface area contributed by atoms with E-state index in [1.165, 1.54) is 6.07 Å². The van der Waals surface area contributed by atoms with Crippen LogP contribution in [0.1, 0.15) is 13.8 Å². The first-order valence-electron chi connectivity index (χ1n) is 7.66. The number of hydrogen-bond donors (Lipinski definition) is 1. The van der Waals surface area contributed by atoms with Gasteiger partial charge in [0.05, 0.1) is 5.60 Å². The molecule has 1 fully saturated rings. The summed E-state index contributed by atoms with van der Waals surface area (Å²) < 4.78 is 13.9. The minimum absolute atomic E-state index is 0.229. The molecule has 1 aromatic heterocycles. The Labute approximate surface area is 130 Å². The lowest BCUT2D eigenvalue weighted by atomic mass is 10.1. The number of hydrogen-bond acceptors (Lipinski definition) is 4. The molecule has 5 heteroatoms. The summed E-state index contributed by atoms with van der Waals surface area (Å²) in [6.45, 7) is 7.88. The first kappa shape index (κ1) is 15.2. The molecule has 0 bridgehead atoms. The van der Waals surface area contributed by atoms with Crippen LogP contribution in [0.25, 0.3) is 10.8 Å². The van der Waals surface area contributed by atoms with Crippen LogP contribution in [0.4, 0.5) is 10.1 Å². The topological polar surface area (TPSA) is 39.6 Å². The number of β-amino-alcohol motifs (C(OH)–C–C–N with tert-alkyl or cyclic N) is 1. The molecular formula is C17H22FN3O. The van der Waals surface area contributed by atoms with E-state index in [1.807, 2.05) is 26.0 Å². The van der Waals surface area contributed by atoms with Gasteiger partial charge in [-0.3, -0.25) is 9.88 Å². The van der Waals surface area contributed by atoms with E-state index in [2.05, 4.69) is 14.8 Å². The third-order valence-corrected chi connectivity index (χ3v) is 4.07. The molecule has 0 saturated carbocycles. The summed E-state index contributed by atoms with van der Waals surface area (Å²) in [7, 11) is 0. The number of aliphatic hydroxyl groups is 1. The predicted molar refractivity (Wildman–Crippen MR) is 86.7 cm³/mol. The molecule has 2 heterocycles. The number of piperazine rings is 1. The van der Waals surface area contributed by atoms with Crippen LogP contribution in [0.2, 0.25) is 0 Å². The van der Waals surface area contributed by atoms with Crippen LogP contribution < -0.4 is 4.90 Å². The van der Waals surface area contributed by atoms with Crippen LogP contribution in [0.15, 0.2) is 30.6 Å². The Bertz CT molecular complexity index is 660. The SMILES string of the molecule is CC(C)(O)CN1CCN(c2ccc(F)c3cnccc23)CC1. The van der Waals surface area contributed by atoms with E-state index in [9.17, 15) is 9.50 Å². The van der Waals surface area contributed by atoms with Crippen molar-refractivity contribution < 1.29 is 9.50 Å². The van der Waals surface area contributed by atoms with E-state index >= 15 is 0 Å². The molecule has 0 unspecified atom stereocenters. The van der Waals surface area contributed by atoms with Crippen molar-refractivity contribution in [2.45, 2.75) is 19.4 Å². The molecule has 4 nitrogen and oxygen atoms in total. The highest BCUT2D eigenvalue weighted by Crippen LogP contribution is 2.29. The molecular weight excluding hydrogens is 281 g/mol. The second-order valence-corrected chi connectivity index (χ2v) is 6.56. The highest BCUT2D eigenvalue weighted by atomic mass is 19.1. The summed E-state index contributed by atoms with van der Waals surface area (Å²) in [5.41, 5.74) is 0.387. The van der Waals surface area contributed by atoms with Crippen molar-refractivity contribution in [1.29, 1.82) is 0 Å². The van der Waals surface area contributed by atoms with Crippen LogP contribution in [0.5, 0.6) is 0 Å². The van der Waals surface area contributed by atoms with Gasteiger partial charge in [-0.2, -0.15) is 0 Å². The van der Waals surface area contributed by atoms with Gasteiger partial charge in [0.25, 0.3) is 0 Å². The van der Waals surface area contributed by atoms with Gasteiger partial charge in [-0.05, 0) is 32.0 Å². The van der Waals surface area contributed by atoms with Crippen molar-refractivity contribution in [2.24, 2.45) is 0 Å². The number of aromatic nitrogens is 1. The number of fused-ring (bicyclic) bond motifs is 1. The Kier molecular flexibility index (Phi) is 4.02. The zero-order valence-electron chi connectivity index (χ0n) is 13.1. The predicted octanol–water partition coefficient (Wildman–Crippen LogP) is 2.27. The largest absolute Gasteiger partial charge is 0.389 e. The Morgan fingerprint density at radius 2 is 1.86 bits per heavy atom. The molecule has 0 aliphatic carbocycles. The summed E-state index contributed by atoms with van der Waals surface area (Å²) in [5, 5.41) is 11.4. The number of benzene rings is 1. The zero-order chi connectivity index (χ0) is 15.7. The van der Waals surface area contributed by atoms with E-state index in [0.29, 0.717) is 11.9 Å². The van der Waals surface area contributed by atoms with Crippen LogP contribution >= 0.6 is 0 Å². The molecule has 2 aromatic rings. The summed E-state index contributed by atoms with van der Waals surface area (Å²) in [4.78, 5) is 8.57. The molecule has 1 saturated heterocycles. The Hall–Kier alpha value is -1.72. The molecule has 1 aliphatic rings. The fourth-order valence-electron chi connectivity index (χ4n) is 3.11. The van der Waals surface area contributed by atoms with Gasteiger partial charge in [-0.1, -0.05) is 0 Å². The highest BCUT2D eigenvalue weighted by Gasteiger charge is 2.23. The van der Waals surface area contributed by atoms with Crippen molar-refractivity contribution in [1.82, 2.24) is 9.88 Å². The molecule has 1 aliphatic heterocycles. The van der Waals surface area contributed by atoms with E-state index in [4.69, 9.17) is 0 Å². The van der Waals surface area contributed by atoms with Gasteiger partial charge in [-0.15, -0.1) is 0 Å². The smallest absolute Gasteiger partial charge is 0.132 e. The normalized spacial score (nSPS) is 17.2. The van der Waals surface area contributed by atoms with Crippen LogP contribution in [-0.4, -0.2) is 53.3 Å². The minimum atomic E-state index is -0.670. The van der Waals surface area contributed by atoms with E-state index in [0.717, 1.165) is 37.3 Å². The van der Waals surface area contributed by atoms with Gasteiger partial charge >= 0.3 is 0 Å². The maximum absolute atomic E-state index is 13.9. The molecule has 1 N–H and O–H groups in total. The zero-order valence-corrected chi connectivity index (χ0v) is 13.1. The third kappa shape index (κ3) is 3.20. The molecule has 0 radical (unpaired) electrons. The lowest BCUT2D eigenvalue weighted by molar-refractivity contribution is 0.0345. The summed E-state index contributed by atoms with van der Waals surface area (Å²) in [6, 6.07) is 5.24. The molecule has 0 atom stereocenters. The molecule has 3 rings (SSSR count). The minimum Gasteiger partial charge on any atom is -0.389 e. The van der Waals surface area contributed by atoms with E-state index in [-0.39, 0.29) is 5.82 Å². The average Bonchev–Trinajstić information content (AvgIpc) is 2.48. The highest BCUT2D eigenvalue weighted by molar-refractivity contribution is 5.94. The first-order chi connectivity index (χ1) is 10.4. The van der Waals surface area contributed by atoms with Crippen LogP contribution in [0.3, 0.4) is 0 Å². The van der Waals surface area contributed by atoms with Gasteiger partial charge in [0.2, 0.25) is 0 Å². The molecule has 22 heavy (non-hydrogen) atoms. The maximum Gasteiger partial charge on any atom is 0.132 e. The number of halogens is 1. The fourth-order valence-corrected chi connectivity index (χ4v) is 3.11. The quantitative estimate of drug-likeness (QED) is 0.944. The van der Waals surface area contributed by atoms with Gasteiger partial charge in [0.1, 0.15) is 5.82 Å². The van der Waals surface area contributed by atoms with Gasteiger partial charge in [0.15, 0.2) is 0 Å². The van der Waals surface area contributed by atoms with Crippen molar-refractivity contribution in [3.63, 3.8) is 0 Å². The van der Waals surface area contributed by atoms with E-state index in [1.54, 1.807) is 12.4 Å². The standard InChI is InChI=1S/C17H22FN3O/c1-17(2,22)12-20-7-9-21(10-8-20)16-4-3-15(18)14-11-19-6-5-13(14)16/h3-6,11,22H,7-10,12H2,1-2H3. The van der Waals surface area contributed by atoms with Gasteiger partial charge in [-0.25, -0.2) is 4.39 Å². The van der Waals surface area contributed by atoms with Gasteiger partial charge < -0.3 is 10.0 Å². The van der Waals surface area contributed by atoms with Crippen molar-refractivity contribution in [3.8, 4) is 0 Å². The number of anilines is 1. The summed E-state index contributed by atoms with van der Waals surface area (Å²) in [5.74, 6) is -0.229. The summed E-state index contributed by atoms with van der Waals surface area (Å²) >= 11 is 0. The lowest BCUT2D eigenvalue weighted by Crippen LogP contribution is -2.50. The number of nitrogens with zero attached hydrogens (tertiary/aromatic N) is 3. The van der Waals surface area contributed by atoms with Crippen LogP contribution in [-0.2, 0) is 0 Å². The molecule has 1 aromatic carbocycles. The first-order valence-corrected chi connectivity index (χ1v) is 7.66. The number of pyridine rings is 1. The second-order valence-electron chi connectivity index (χ2n) is 6.56. The summed E-state index contributed by atoms with van der Waals surface area (Å²) in [6.07, 6.45) is 3.29. The third-order valence-electron chi connectivity index (χ3n) is 4.07. The van der Waals surface area contributed by atoms with Crippen molar-refractivity contribution in [3.05, 3.63) is 36.4 Å². The second kappa shape index (κ2) is 5.82. The Morgan fingerprint density at radius 3 is 2.55 bits per heavy atom. The molecule has 118 valence electrons. The van der Waals surface area contributed by atoms with Gasteiger partial charge in [0, 0.05) is 61.6 Å².